The topological polar surface area (TPSA) is 55.7 Å². The summed E-state index contributed by atoms with van der Waals surface area (Å²) in [6.07, 6.45) is 1.98. The molecule has 1 fully saturated rings. The van der Waals surface area contributed by atoms with Crippen LogP contribution >= 0.6 is 0 Å². The standard InChI is InChI=1S/C16H24BN3O3/c1-11(18-6)19-20-7-12-9-21-10-13(12)14(8-20)17-22-15(2,3)16(4,5)23-17/h8H,6-7,9-10H2,1-5H3/b19-11-. The highest BCUT2D eigenvalue weighted by molar-refractivity contribution is 6.56. The fourth-order valence-electron chi connectivity index (χ4n) is 2.83. The molecule has 0 amide bonds. The summed E-state index contributed by atoms with van der Waals surface area (Å²) in [6, 6.07) is 0. The van der Waals surface area contributed by atoms with E-state index in [1.165, 1.54) is 11.1 Å². The van der Waals surface area contributed by atoms with Gasteiger partial charge in [0.1, 0.15) is 5.84 Å². The molecule has 3 heterocycles. The van der Waals surface area contributed by atoms with E-state index in [4.69, 9.17) is 14.0 Å². The van der Waals surface area contributed by atoms with Gasteiger partial charge in [0.05, 0.1) is 31.0 Å². The molecular weight excluding hydrogens is 293 g/mol. The van der Waals surface area contributed by atoms with Crippen molar-refractivity contribution in [3.05, 3.63) is 22.8 Å². The lowest BCUT2D eigenvalue weighted by atomic mass is 9.72. The smallest absolute Gasteiger partial charge is 0.399 e. The summed E-state index contributed by atoms with van der Waals surface area (Å²) >= 11 is 0. The highest BCUT2D eigenvalue weighted by Gasteiger charge is 2.53. The molecule has 3 rings (SSSR count). The van der Waals surface area contributed by atoms with Gasteiger partial charge in [0, 0.05) is 11.7 Å². The highest BCUT2D eigenvalue weighted by atomic mass is 16.7. The third-order valence-corrected chi connectivity index (χ3v) is 4.95. The predicted octanol–water partition coefficient (Wildman–Crippen LogP) is 2.18. The van der Waals surface area contributed by atoms with Gasteiger partial charge in [-0.05, 0) is 52.5 Å². The Hall–Kier alpha value is -1.44. The average Bonchev–Trinajstić information content (AvgIpc) is 3.00. The monoisotopic (exact) mass is 317 g/mol. The van der Waals surface area contributed by atoms with Crippen LogP contribution in [-0.2, 0) is 14.0 Å². The van der Waals surface area contributed by atoms with Gasteiger partial charge < -0.3 is 14.0 Å². The van der Waals surface area contributed by atoms with E-state index in [1.807, 2.05) is 18.1 Å². The lowest BCUT2D eigenvalue weighted by molar-refractivity contribution is 0.00578. The Morgan fingerprint density at radius 1 is 1.22 bits per heavy atom. The van der Waals surface area contributed by atoms with Crippen LogP contribution in [0.1, 0.15) is 34.6 Å². The van der Waals surface area contributed by atoms with Crippen molar-refractivity contribution in [2.75, 3.05) is 19.8 Å². The molecule has 3 aliphatic rings. The Labute approximate surface area is 138 Å². The van der Waals surface area contributed by atoms with E-state index in [0.29, 0.717) is 25.6 Å². The highest BCUT2D eigenvalue weighted by Crippen LogP contribution is 2.41. The minimum absolute atomic E-state index is 0.372. The summed E-state index contributed by atoms with van der Waals surface area (Å²) in [5, 5.41) is 6.31. The van der Waals surface area contributed by atoms with Gasteiger partial charge in [0.25, 0.3) is 0 Å². The minimum atomic E-state index is -0.415. The van der Waals surface area contributed by atoms with Gasteiger partial charge in [-0.25, -0.2) is 4.99 Å². The average molecular weight is 317 g/mol. The molecule has 0 aromatic rings. The molecule has 0 spiro atoms. The maximum atomic E-state index is 6.20. The normalized spacial score (nSPS) is 26.5. The first-order valence-corrected chi connectivity index (χ1v) is 7.88. The number of rotatable bonds is 2. The Bertz CT molecular complexity index is 606. The Kier molecular flexibility index (Phi) is 3.98. The molecule has 0 aromatic carbocycles. The van der Waals surface area contributed by atoms with E-state index in [9.17, 15) is 0 Å². The van der Waals surface area contributed by atoms with Gasteiger partial charge in [0.2, 0.25) is 0 Å². The largest absolute Gasteiger partial charge is 0.496 e. The van der Waals surface area contributed by atoms with Crippen LogP contribution in [0.25, 0.3) is 0 Å². The van der Waals surface area contributed by atoms with Gasteiger partial charge in [-0.1, -0.05) is 0 Å². The predicted molar refractivity (Wildman–Crippen MR) is 91.4 cm³/mol. The van der Waals surface area contributed by atoms with Crippen molar-refractivity contribution in [3.63, 3.8) is 0 Å². The Morgan fingerprint density at radius 2 is 1.87 bits per heavy atom. The molecule has 1 saturated heterocycles. The van der Waals surface area contributed by atoms with Crippen LogP contribution in [0.4, 0.5) is 0 Å². The molecule has 0 saturated carbocycles. The first-order valence-electron chi connectivity index (χ1n) is 7.88. The fourth-order valence-corrected chi connectivity index (χ4v) is 2.83. The molecule has 23 heavy (non-hydrogen) atoms. The van der Waals surface area contributed by atoms with Gasteiger partial charge in [-0.2, -0.15) is 5.10 Å². The van der Waals surface area contributed by atoms with Crippen LogP contribution in [0.5, 0.6) is 0 Å². The summed E-state index contributed by atoms with van der Waals surface area (Å²) in [4.78, 5) is 3.86. The second-order valence-electron chi connectivity index (χ2n) is 7.15. The second-order valence-corrected chi connectivity index (χ2v) is 7.15. The third kappa shape index (κ3) is 2.89. The molecule has 0 aliphatic carbocycles. The maximum absolute atomic E-state index is 6.20. The Morgan fingerprint density at radius 3 is 2.48 bits per heavy atom. The molecule has 7 heteroatoms. The molecule has 0 radical (unpaired) electrons. The van der Waals surface area contributed by atoms with Crippen molar-refractivity contribution in [2.24, 2.45) is 10.1 Å². The van der Waals surface area contributed by atoms with Crippen LogP contribution in [0.2, 0.25) is 0 Å². The van der Waals surface area contributed by atoms with E-state index in [-0.39, 0.29) is 11.2 Å². The molecule has 124 valence electrons. The number of amidine groups is 1. The third-order valence-electron chi connectivity index (χ3n) is 4.95. The van der Waals surface area contributed by atoms with E-state index in [0.717, 1.165) is 5.47 Å². The van der Waals surface area contributed by atoms with Crippen molar-refractivity contribution in [1.82, 2.24) is 5.01 Å². The first-order chi connectivity index (χ1) is 10.7. The summed E-state index contributed by atoms with van der Waals surface area (Å²) in [7, 11) is -0.415. The van der Waals surface area contributed by atoms with Crippen LogP contribution in [0.15, 0.2) is 32.9 Å². The second kappa shape index (κ2) is 5.58. The van der Waals surface area contributed by atoms with Crippen LogP contribution in [-0.4, -0.2) is 55.6 Å². The van der Waals surface area contributed by atoms with Crippen molar-refractivity contribution >= 4 is 19.7 Å². The number of nitrogens with zero attached hydrogens (tertiary/aromatic N) is 3. The summed E-state index contributed by atoms with van der Waals surface area (Å²) < 4.78 is 18.0. The van der Waals surface area contributed by atoms with Gasteiger partial charge in [0.15, 0.2) is 0 Å². The van der Waals surface area contributed by atoms with Gasteiger partial charge in [-0.15, -0.1) is 0 Å². The quantitative estimate of drug-likeness (QED) is 0.445. The van der Waals surface area contributed by atoms with Crippen molar-refractivity contribution in [2.45, 2.75) is 45.8 Å². The summed E-state index contributed by atoms with van der Waals surface area (Å²) in [5.74, 6) is 0.623. The van der Waals surface area contributed by atoms with Crippen LogP contribution in [0, 0.1) is 0 Å². The molecule has 0 aromatic heterocycles. The number of aliphatic imine (C=N–C) groups is 1. The van der Waals surface area contributed by atoms with Crippen LogP contribution in [0.3, 0.4) is 0 Å². The van der Waals surface area contributed by atoms with E-state index in [1.54, 1.807) is 0 Å². The zero-order valence-corrected chi connectivity index (χ0v) is 14.5. The number of ether oxygens (including phenoxy) is 1. The van der Waals surface area contributed by atoms with E-state index >= 15 is 0 Å². The molecule has 0 N–H and O–H groups in total. The summed E-state index contributed by atoms with van der Waals surface area (Å²) in [5.41, 5.74) is 2.64. The molecule has 3 aliphatic heterocycles. The molecular formula is C16H24BN3O3. The lowest BCUT2D eigenvalue weighted by Crippen LogP contribution is -2.41. The molecule has 0 bridgehead atoms. The van der Waals surface area contributed by atoms with E-state index < -0.39 is 7.12 Å². The number of hydrogen-bond acceptors (Lipinski definition) is 5. The molecule has 6 nitrogen and oxygen atoms in total. The van der Waals surface area contributed by atoms with E-state index in [2.05, 4.69) is 44.5 Å². The lowest BCUT2D eigenvalue weighted by Gasteiger charge is -2.32. The van der Waals surface area contributed by atoms with Crippen molar-refractivity contribution < 1.29 is 14.0 Å². The van der Waals surface area contributed by atoms with Gasteiger partial charge >= 0.3 is 7.12 Å². The minimum Gasteiger partial charge on any atom is -0.399 e. The number of hydrogen-bond donors (Lipinski definition) is 0. The van der Waals surface area contributed by atoms with Crippen molar-refractivity contribution in [3.8, 4) is 0 Å². The first kappa shape index (κ1) is 16.4. The zero-order valence-electron chi connectivity index (χ0n) is 14.5. The molecule has 0 atom stereocenters. The number of hydrazone groups is 1. The maximum Gasteiger partial charge on any atom is 0.496 e. The fraction of sp³-hybridized carbons (Fsp3) is 0.625. The SMILES string of the molecule is C=N/C(C)=N\N1C=C(B2OC(C)(C)C(C)(C)O2)C2=C(COC2)C1. The van der Waals surface area contributed by atoms with Crippen molar-refractivity contribution in [1.29, 1.82) is 0 Å². The summed E-state index contributed by atoms with van der Waals surface area (Å²) in [6.45, 7) is 15.5. The zero-order chi connectivity index (χ0) is 16.8. The van der Waals surface area contributed by atoms with Gasteiger partial charge in [-0.3, -0.25) is 5.01 Å². The van der Waals surface area contributed by atoms with Crippen LogP contribution < -0.4 is 0 Å². The Balaban J connectivity index is 1.93. The molecule has 0 unspecified atom stereocenters.